The Morgan fingerprint density at radius 3 is 2.11 bits per heavy atom. The Labute approximate surface area is 163 Å². The van der Waals surface area contributed by atoms with Crippen molar-refractivity contribution in [2.75, 3.05) is 31.1 Å². The van der Waals surface area contributed by atoms with Crippen LogP contribution in [0.1, 0.15) is 44.1 Å². The largest absolute Gasteiger partial charge is 0.416 e. The van der Waals surface area contributed by atoms with Crippen LogP contribution < -0.4 is 4.90 Å². The molecule has 1 aromatic heterocycles. The molecular weight excluding hydrogens is 367 g/mol. The number of pyridine rings is 1. The first-order valence-electron chi connectivity index (χ1n) is 10.4. The minimum Gasteiger partial charge on any atom is -0.353 e. The number of nitrogens with zero attached hydrogens (tertiary/aromatic N) is 3. The van der Waals surface area contributed by atoms with Gasteiger partial charge in [-0.1, -0.05) is 0 Å². The molecule has 0 unspecified atom stereocenters. The summed E-state index contributed by atoms with van der Waals surface area (Å²) in [6, 6.07) is 2.10. The minimum atomic E-state index is -4.37. The highest BCUT2D eigenvalue weighted by Crippen LogP contribution is 2.60. The Hall–Kier alpha value is -1.79. The average Bonchev–Trinajstić information content (AvgIpc) is 2.66. The lowest BCUT2D eigenvalue weighted by molar-refractivity contribution is -0.158. The van der Waals surface area contributed by atoms with Crippen molar-refractivity contribution in [1.29, 1.82) is 0 Å². The third-order valence-corrected chi connectivity index (χ3v) is 7.46. The lowest BCUT2D eigenvalue weighted by atomic mass is 9.49. The molecular formula is C21H26F3N3O. The van der Waals surface area contributed by atoms with Gasteiger partial charge in [-0.3, -0.25) is 4.79 Å². The Morgan fingerprint density at radius 2 is 1.57 bits per heavy atom. The first kappa shape index (κ1) is 18.3. The van der Waals surface area contributed by atoms with Gasteiger partial charge in [-0.05, 0) is 68.4 Å². The number of hydrogen-bond donors (Lipinski definition) is 0. The molecule has 4 nitrogen and oxygen atoms in total. The maximum Gasteiger partial charge on any atom is 0.416 e. The molecule has 4 saturated carbocycles. The normalized spacial score (nSPS) is 34.8. The molecule has 0 spiro atoms. The van der Waals surface area contributed by atoms with E-state index in [2.05, 4.69) is 4.98 Å². The molecule has 1 saturated heterocycles. The van der Waals surface area contributed by atoms with Crippen LogP contribution in [0.4, 0.5) is 19.0 Å². The van der Waals surface area contributed by atoms with E-state index >= 15 is 0 Å². The predicted molar refractivity (Wildman–Crippen MR) is 98.6 cm³/mol. The van der Waals surface area contributed by atoms with Crippen molar-refractivity contribution in [3.63, 3.8) is 0 Å². The van der Waals surface area contributed by atoms with E-state index in [4.69, 9.17) is 0 Å². The van der Waals surface area contributed by atoms with E-state index in [0.29, 0.717) is 37.9 Å². The monoisotopic (exact) mass is 393 g/mol. The fourth-order valence-electron chi connectivity index (χ4n) is 6.61. The second-order valence-electron chi connectivity index (χ2n) is 9.38. The number of amides is 1. The molecule has 4 aliphatic carbocycles. The number of carbonyl (C=O) groups excluding carboxylic acids is 1. The fraction of sp³-hybridized carbons (Fsp3) is 0.714. The number of carbonyl (C=O) groups is 1. The Kier molecular flexibility index (Phi) is 4.14. The molecule has 0 radical (unpaired) electrons. The Balaban J connectivity index is 1.26. The molecule has 28 heavy (non-hydrogen) atoms. The van der Waals surface area contributed by atoms with Crippen molar-refractivity contribution in [2.45, 2.75) is 44.7 Å². The maximum absolute atomic E-state index is 13.4. The number of halogens is 3. The highest BCUT2D eigenvalue weighted by molar-refractivity contribution is 5.83. The van der Waals surface area contributed by atoms with Crippen LogP contribution in [0.15, 0.2) is 18.3 Å². The molecule has 152 valence electrons. The standard InChI is InChI=1S/C21H26F3N3O/c22-21(23,24)17-1-2-25-18(10-17)26-3-5-27(6-4-26)19(28)20-11-14-7-15(12-20)9-16(8-14)13-20/h1-2,10,14-16H,3-9,11-13H2. The zero-order chi connectivity index (χ0) is 19.5. The average molecular weight is 393 g/mol. The smallest absolute Gasteiger partial charge is 0.353 e. The van der Waals surface area contributed by atoms with Crippen LogP contribution in [0.3, 0.4) is 0 Å². The molecule has 7 heteroatoms. The molecule has 0 atom stereocenters. The maximum atomic E-state index is 13.4. The summed E-state index contributed by atoms with van der Waals surface area (Å²) in [5, 5.41) is 0. The molecule has 5 aliphatic rings. The third-order valence-electron chi connectivity index (χ3n) is 7.46. The lowest BCUT2D eigenvalue weighted by Crippen LogP contribution is -2.58. The van der Waals surface area contributed by atoms with Gasteiger partial charge in [0.1, 0.15) is 5.82 Å². The number of piperazine rings is 1. The molecule has 1 amide bonds. The minimum absolute atomic E-state index is 0.147. The molecule has 2 heterocycles. The topological polar surface area (TPSA) is 36.4 Å². The number of alkyl halides is 3. The zero-order valence-electron chi connectivity index (χ0n) is 15.9. The van der Waals surface area contributed by atoms with Gasteiger partial charge in [0.2, 0.25) is 5.91 Å². The molecule has 0 aromatic carbocycles. The highest BCUT2D eigenvalue weighted by atomic mass is 19.4. The van der Waals surface area contributed by atoms with Crippen molar-refractivity contribution < 1.29 is 18.0 Å². The SMILES string of the molecule is O=C(N1CCN(c2cc(C(F)(F)F)ccn2)CC1)C12CC3CC(CC(C3)C1)C2. The van der Waals surface area contributed by atoms with Crippen molar-refractivity contribution in [2.24, 2.45) is 23.2 Å². The molecule has 1 aliphatic heterocycles. The van der Waals surface area contributed by atoms with Gasteiger partial charge in [0.15, 0.2) is 0 Å². The van der Waals surface area contributed by atoms with Crippen LogP contribution in [0, 0.1) is 23.2 Å². The van der Waals surface area contributed by atoms with Gasteiger partial charge in [0, 0.05) is 32.4 Å². The third kappa shape index (κ3) is 3.07. The van der Waals surface area contributed by atoms with Crippen molar-refractivity contribution >= 4 is 11.7 Å². The van der Waals surface area contributed by atoms with Gasteiger partial charge in [-0.2, -0.15) is 13.2 Å². The second-order valence-corrected chi connectivity index (χ2v) is 9.38. The number of aromatic nitrogens is 1. The number of hydrogen-bond acceptors (Lipinski definition) is 3. The van der Waals surface area contributed by atoms with Crippen LogP contribution in [0.2, 0.25) is 0 Å². The summed E-state index contributed by atoms with van der Waals surface area (Å²) in [5.41, 5.74) is -0.824. The predicted octanol–water partition coefficient (Wildman–Crippen LogP) is 3.97. The van der Waals surface area contributed by atoms with Gasteiger partial charge in [-0.15, -0.1) is 0 Å². The van der Waals surface area contributed by atoms with Crippen LogP contribution in [-0.4, -0.2) is 42.0 Å². The van der Waals surface area contributed by atoms with Gasteiger partial charge >= 0.3 is 6.18 Å². The van der Waals surface area contributed by atoms with Gasteiger partial charge in [-0.25, -0.2) is 4.98 Å². The van der Waals surface area contributed by atoms with Crippen molar-refractivity contribution in [3.8, 4) is 0 Å². The first-order chi connectivity index (χ1) is 13.3. The number of anilines is 1. The van der Waals surface area contributed by atoms with E-state index in [1.165, 1.54) is 25.5 Å². The lowest BCUT2D eigenvalue weighted by Gasteiger charge is -2.57. The quantitative estimate of drug-likeness (QED) is 0.763. The van der Waals surface area contributed by atoms with Crippen LogP contribution >= 0.6 is 0 Å². The summed E-state index contributed by atoms with van der Waals surface area (Å²) in [6.07, 6.45) is 3.91. The van der Waals surface area contributed by atoms with Crippen molar-refractivity contribution in [3.05, 3.63) is 23.9 Å². The summed E-state index contributed by atoms with van der Waals surface area (Å²) in [4.78, 5) is 21.4. The summed E-state index contributed by atoms with van der Waals surface area (Å²) in [6.45, 7) is 2.20. The Morgan fingerprint density at radius 1 is 1.00 bits per heavy atom. The summed E-state index contributed by atoms with van der Waals surface area (Å²) < 4.78 is 38.9. The van der Waals surface area contributed by atoms with Crippen LogP contribution in [-0.2, 0) is 11.0 Å². The van der Waals surface area contributed by atoms with Crippen LogP contribution in [0.25, 0.3) is 0 Å². The molecule has 0 N–H and O–H groups in total. The fourth-order valence-corrected chi connectivity index (χ4v) is 6.61. The van der Waals surface area contributed by atoms with E-state index in [0.717, 1.165) is 49.1 Å². The summed E-state index contributed by atoms with van der Waals surface area (Å²) >= 11 is 0. The van der Waals surface area contributed by atoms with E-state index in [9.17, 15) is 18.0 Å². The molecule has 5 fully saturated rings. The first-order valence-corrected chi connectivity index (χ1v) is 10.4. The van der Waals surface area contributed by atoms with Crippen molar-refractivity contribution in [1.82, 2.24) is 9.88 Å². The highest BCUT2D eigenvalue weighted by Gasteiger charge is 2.55. The second kappa shape index (κ2) is 6.36. The van der Waals surface area contributed by atoms with E-state index in [-0.39, 0.29) is 5.41 Å². The van der Waals surface area contributed by atoms with E-state index < -0.39 is 11.7 Å². The van der Waals surface area contributed by atoms with Gasteiger partial charge in [0.05, 0.1) is 11.0 Å². The molecule has 4 bridgehead atoms. The van der Waals surface area contributed by atoms with Crippen LogP contribution in [0.5, 0.6) is 0 Å². The Bertz CT molecular complexity index is 735. The summed E-state index contributed by atoms with van der Waals surface area (Å²) in [5.74, 6) is 2.84. The molecule has 6 rings (SSSR count). The summed E-state index contributed by atoms with van der Waals surface area (Å²) in [7, 11) is 0. The van der Waals surface area contributed by atoms with E-state index in [1.54, 1.807) is 0 Å². The van der Waals surface area contributed by atoms with Gasteiger partial charge in [0.25, 0.3) is 0 Å². The molecule has 1 aromatic rings. The van der Waals surface area contributed by atoms with Gasteiger partial charge < -0.3 is 9.80 Å². The zero-order valence-corrected chi connectivity index (χ0v) is 15.9. The number of rotatable bonds is 2. The van der Waals surface area contributed by atoms with E-state index in [1.807, 2.05) is 9.80 Å².